The lowest BCUT2D eigenvalue weighted by Gasteiger charge is -2.17. The number of rotatable bonds is 6. The van der Waals surface area contributed by atoms with Crippen LogP contribution in [0.4, 0.5) is 5.69 Å². The van der Waals surface area contributed by atoms with E-state index in [1.165, 1.54) is 14.0 Å². The Morgan fingerprint density at radius 2 is 1.74 bits per heavy atom. The standard InChI is InChI=1S/C19H18Cl2N2O4/c1-11(24)22-15-7-4-12(5-8-15)18(25)23-17(19(26)27-2)9-13-3-6-14(20)10-16(13)21/h3-8,10,17H,9H2,1-2H3,(H,22,24)(H,23,25)/t17-/m0/s1. The molecule has 0 radical (unpaired) electrons. The first-order valence-corrected chi connectivity index (χ1v) is 8.76. The highest BCUT2D eigenvalue weighted by atomic mass is 35.5. The molecule has 0 saturated heterocycles. The Labute approximate surface area is 166 Å². The van der Waals surface area contributed by atoms with Crippen molar-refractivity contribution in [3.05, 3.63) is 63.6 Å². The van der Waals surface area contributed by atoms with Crippen molar-refractivity contribution in [2.75, 3.05) is 12.4 Å². The predicted molar refractivity (Wildman–Crippen MR) is 104 cm³/mol. The van der Waals surface area contributed by atoms with Crippen LogP contribution in [-0.4, -0.2) is 30.9 Å². The lowest BCUT2D eigenvalue weighted by atomic mass is 10.0. The number of hydrogen-bond acceptors (Lipinski definition) is 4. The van der Waals surface area contributed by atoms with Gasteiger partial charge in [0, 0.05) is 34.6 Å². The lowest BCUT2D eigenvalue weighted by Crippen LogP contribution is -2.43. The van der Waals surface area contributed by atoms with Gasteiger partial charge in [0.05, 0.1) is 7.11 Å². The van der Waals surface area contributed by atoms with E-state index in [9.17, 15) is 14.4 Å². The topological polar surface area (TPSA) is 84.5 Å². The quantitative estimate of drug-likeness (QED) is 0.716. The van der Waals surface area contributed by atoms with Crippen LogP contribution in [0.1, 0.15) is 22.8 Å². The molecule has 6 nitrogen and oxygen atoms in total. The molecule has 8 heteroatoms. The average Bonchev–Trinajstić information content (AvgIpc) is 2.62. The van der Waals surface area contributed by atoms with Gasteiger partial charge in [0.15, 0.2) is 0 Å². The highest BCUT2D eigenvalue weighted by molar-refractivity contribution is 6.35. The van der Waals surface area contributed by atoms with Crippen molar-refractivity contribution in [1.29, 1.82) is 0 Å². The summed E-state index contributed by atoms with van der Waals surface area (Å²) in [7, 11) is 1.24. The molecule has 0 bridgehead atoms. The first kappa shape index (κ1) is 20.7. The number of carbonyl (C=O) groups is 3. The Balaban J connectivity index is 2.14. The Bertz CT molecular complexity index is 853. The number of benzene rings is 2. The fourth-order valence-electron chi connectivity index (χ4n) is 2.39. The molecule has 0 heterocycles. The maximum atomic E-state index is 12.5. The van der Waals surface area contributed by atoms with Crippen LogP contribution in [-0.2, 0) is 20.7 Å². The monoisotopic (exact) mass is 408 g/mol. The molecule has 142 valence electrons. The van der Waals surface area contributed by atoms with Gasteiger partial charge in [0.1, 0.15) is 6.04 Å². The first-order valence-electron chi connectivity index (χ1n) is 8.00. The summed E-state index contributed by atoms with van der Waals surface area (Å²) in [6.45, 7) is 1.39. The minimum atomic E-state index is -0.920. The van der Waals surface area contributed by atoms with Crippen molar-refractivity contribution in [2.45, 2.75) is 19.4 Å². The molecule has 1 atom stereocenters. The molecule has 27 heavy (non-hydrogen) atoms. The van der Waals surface area contributed by atoms with Gasteiger partial charge in [-0.1, -0.05) is 29.3 Å². The van der Waals surface area contributed by atoms with Gasteiger partial charge in [-0.3, -0.25) is 9.59 Å². The smallest absolute Gasteiger partial charge is 0.328 e. The van der Waals surface area contributed by atoms with E-state index in [0.717, 1.165) is 0 Å². The number of amides is 2. The van der Waals surface area contributed by atoms with Gasteiger partial charge in [-0.2, -0.15) is 0 Å². The van der Waals surface area contributed by atoms with Gasteiger partial charge in [-0.15, -0.1) is 0 Å². The zero-order valence-electron chi connectivity index (χ0n) is 14.7. The first-order chi connectivity index (χ1) is 12.8. The van der Waals surface area contributed by atoms with E-state index in [4.69, 9.17) is 27.9 Å². The molecule has 0 aliphatic rings. The summed E-state index contributed by atoms with van der Waals surface area (Å²) in [6.07, 6.45) is 0.151. The lowest BCUT2D eigenvalue weighted by molar-refractivity contribution is -0.142. The summed E-state index contributed by atoms with van der Waals surface area (Å²) >= 11 is 12.0. The molecule has 0 aliphatic carbocycles. The molecule has 0 spiro atoms. The van der Waals surface area contributed by atoms with Crippen LogP contribution in [0.15, 0.2) is 42.5 Å². The van der Waals surface area contributed by atoms with E-state index in [-0.39, 0.29) is 12.3 Å². The van der Waals surface area contributed by atoms with Gasteiger partial charge >= 0.3 is 5.97 Å². The number of halogens is 2. The number of hydrogen-bond donors (Lipinski definition) is 2. The molecular weight excluding hydrogens is 391 g/mol. The van der Waals surface area contributed by atoms with Crippen LogP contribution in [0.25, 0.3) is 0 Å². The fraction of sp³-hybridized carbons (Fsp3) is 0.211. The van der Waals surface area contributed by atoms with Crippen LogP contribution in [0.3, 0.4) is 0 Å². The highest BCUT2D eigenvalue weighted by Crippen LogP contribution is 2.22. The Hall–Kier alpha value is -2.57. The van der Waals surface area contributed by atoms with Gasteiger partial charge in [-0.05, 0) is 42.0 Å². The van der Waals surface area contributed by atoms with E-state index >= 15 is 0 Å². The summed E-state index contributed by atoms with van der Waals surface area (Å²) in [5.74, 6) is -1.26. The second-order valence-electron chi connectivity index (χ2n) is 5.75. The van der Waals surface area contributed by atoms with Crippen LogP contribution in [0.5, 0.6) is 0 Å². The van der Waals surface area contributed by atoms with Crippen LogP contribution >= 0.6 is 23.2 Å². The predicted octanol–water partition coefficient (Wildman–Crippen LogP) is 3.47. The van der Waals surface area contributed by atoms with Crippen molar-refractivity contribution < 1.29 is 19.1 Å². The Morgan fingerprint density at radius 1 is 1.07 bits per heavy atom. The molecule has 2 rings (SSSR count). The molecule has 2 aromatic rings. The van der Waals surface area contributed by atoms with Gasteiger partial charge in [0.2, 0.25) is 5.91 Å². The maximum absolute atomic E-state index is 12.5. The molecule has 0 aromatic heterocycles. The van der Waals surface area contributed by atoms with E-state index in [1.54, 1.807) is 42.5 Å². The van der Waals surface area contributed by atoms with Crippen LogP contribution in [0, 0.1) is 0 Å². The number of nitrogens with one attached hydrogen (secondary N) is 2. The Kier molecular flexibility index (Phi) is 7.21. The van der Waals surface area contributed by atoms with Gasteiger partial charge in [0.25, 0.3) is 5.91 Å². The maximum Gasteiger partial charge on any atom is 0.328 e. The number of ether oxygens (including phenoxy) is 1. The second kappa shape index (κ2) is 9.39. The van der Waals surface area contributed by atoms with E-state index in [1.807, 2.05) is 0 Å². The minimum Gasteiger partial charge on any atom is -0.467 e. The van der Waals surface area contributed by atoms with E-state index in [2.05, 4.69) is 10.6 Å². The van der Waals surface area contributed by atoms with Crippen molar-refractivity contribution in [3.8, 4) is 0 Å². The summed E-state index contributed by atoms with van der Waals surface area (Å²) in [6, 6.07) is 10.3. The highest BCUT2D eigenvalue weighted by Gasteiger charge is 2.23. The molecule has 2 aromatic carbocycles. The molecule has 2 amide bonds. The molecule has 0 saturated carbocycles. The van der Waals surface area contributed by atoms with E-state index < -0.39 is 17.9 Å². The number of anilines is 1. The third kappa shape index (κ3) is 5.98. The van der Waals surface area contributed by atoms with Gasteiger partial charge in [-0.25, -0.2) is 4.79 Å². The van der Waals surface area contributed by atoms with E-state index in [0.29, 0.717) is 26.9 Å². The SMILES string of the molecule is COC(=O)[C@H](Cc1ccc(Cl)cc1Cl)NC(=O)c1ccc(NC(C)=O)cc1. The second-order valence-corrected chi connectivity index (χ2v) is 6.59. The largest absolute Gasteiger partial charge is 0.467 e. The van der Waals surface area contributed by atoms with Crippen LogP contribution < -0.4 is 10.6 Å². The van der Waals surface area contributed by atoms with Crippen molar-refractivity contribution in [3.63, 3.8) is 0 Å². The fourth-order valence-corrected chi connectivity index (χ4v) is 2.88. The zero-order chi connectivity index (χ0) is 20.0. The van der Waals surface area contributed by atoms with Crippen molar-refractivity contribution in [2.24, 2.45) is 0 Å². The van der Waals surface area contributed by atoms with Crippen molar-refractivity contribution in [1.82, 2.24) is 5.32 Å². The normalized spacial score (nSPS) is 11.4. The number of methoxy groups -OCH3 is 1. The van der Waals surface area contributed by atoms with Gasteiger partial charge < -0.3 is 15.4 Å². The Morgan fingerprint density at radius 3 is 2.30 bits per heavy atom. The molecular formula is C19H18Cl2N2O4. The third-order valence-electron chi connectivity index (χ3n) is 3.70. The molecule has 0 aliphatic heterocycles. The third-order valence-corrected chi connectivity index (χ3v) is 4.28. The van der Waals surface area contributed by atoms with Crippen LogP contribution in [0.2, 0.25) is 10.0 Å². The number of carbonyl (C=O) groups excluding carboxylic acids is 3. The summed E-state index contributed by atoms with van der Waals surface area (Å²) in [5.41, 5.74) is 1.55. The number of esters is 1. The minimum absolute atomic E-state index is 0.151. The summed E-state index contributed by atoms with van der Waals surface area (Å²) in [5, 5.41) is 6.12. The average molecular weight is 409 g/mol. The molecule has 0 fully saturated rings. The van der Waals surface area contributed by atoms with Crippen molar-refractivity contribution >= 4 is 46.7 Å². The summed E-state index contributed by atoms with van der Waals surface area (Å²) in [4.78, 5) is 35.6. The zero-order valence-corrected chi connectivity index (χ0v) is 16.2. The molecule has 0 unspecified atom stereocenters. The molecule has 2 N–H and O–H groups in total. The summed E-state index contributed by atoms with van der Waals surface area (Å²) < 4.78 is 4.78.